The van der Waals surface area contributed by atoms with E-state index in [0.29, 0.717) is 23.0 Å². The van der Waals surface area contributed by atoms with Gasteiger partial charge in [0.15, 0.2) is 0 Å². The maximum atomic E-state index is 12.7. The summed E-state index contributed by atoms with van der Waals surface area (Å²) in [5.74, 6) is 0.317. The van der Waals surface area contributed by atoms with E-state index in [9.17, 15) is 8.42 Å². The van der Waals surface area contributed by atoms with Crippen LogP contribution < -0.4 is 5.73 Å². The molecule has 0 unspecified atom stereocenters. The molecule has 1 aromatic carbocycles. The Morgan fingerprint density at radius 3 is 2.42 bits per heavy atom. The minimum atomic E-state index is -3.42. The number of nitrogen functional groups attached to an aromatic ring is 1. The molecule has 0 aromatic heterocycles. The molecule has 5 heteroatoms. The van der Waals surface area contributed by atoms with Crippen molar-refractivity contribution in [1.29, 1.82) is 0 Å². The summed E-state index contributed by atoms with van der Waals surface area (Å²) in [6.07, 6.45) is 1.93. The first-order valence-corrected chi connectivity index (χ1v) is 8.13. The van der Waals surface area contributed by atoms with Crippen molar-refractivity contribution in [1.82, 2.24) is 4.31 Å². The van der Waals surface area contributed by atoms with E-state index in [1.54, 1.807) is 22.5 Å². The summed E-state index contributed by atoms with van der Waals surface area (Å²) in [6, 6.07) is 5.21. The highest BCUT2D eigenvalue weighted by Crippen LogP contribution is 2.33. The number of aryl methyl sites for hydroxylation is 1. The van der Waals surface area contributed by atoms with E-state index in [0.717, 1.165) is 18.4 Å². The van der Waals surface area contributed by atoms with Crippen molar-refractivity contribution in [2.75, 3.05) is 12.3 Å². The molecule has 0 amide bonds. The molecule has 0 saturated heterocycles. The lowest BCUT2D eigenvalue weighted by molar-refractivity contribution is 0.360. The summed E-state index contributed by atoms with van der Waals surface area (Å²) in [7, 11) is -3.42. The Bertz CT molecular complexity index is 543. The Hall–Kier alpha value is -1.07. The number of nitrogens with zero attached hydrogens (tertiary/aromatic N) is 1. The van der Waals surface area contributed by atoms with Gasteiger partial charge < -0.3 is 5.73 Å². The van der Waals surface area contributed by atoms with E-state index in [4.69, 9.17) is 5.73 Å². The summed E-state index contributed by atoms with van der Waals surface area (Å²) in [5.41, 5.74) is 7.14. The number of benzene rings is 1. The molecule has 0 radical (unpaired) electrons. The van der Waals surface area contributed by atoms with Crippen molar-refractivity contribution < 1.29 is 8.42 Å². The van der Waals surface area contributed by atoms with Crippen LogP contribution in [0.5, 0.6) is 0 Å². The Balaban J connectivity index is 2.38. The lowest BCUT2D eigenvalue weighted by Gasteiger charge is -2.24. The van der Waals surface area contributed by atoms with Crippen LogP contribution in [0.25, 0.3) is 0 Å². The smallest absolute Gasteiger partial charge is 0.243 e. The molecule has 0 atom stereocenters. The van der Waals surface area contributed by atoms with Gasteiger partial charge in [-0.25, -0.2) is 8.42 Å². The van der Waals surface area contributed by atoms with Crippen molar-refractivity contribution in [3.8, 4) is 0 Å². The predicted octanol–water partition coefficient (Wildman–Crippen LogP) is 2.39. The van der Waals surface area contributed by atoms with Crippen LogP contribution in [0.4, 0.5) is 5.69 Å². The standard InChI is InChI=1S/C14H22N2O2S/c1-10(2)9-16(13-4-5-13)19(17,18)14-7-11(3)6-12(15)8-14/h6-8,10,13H,4-5,9,15H2,1-3H3. The van der Waals surface area contributed by atoms with Crippen LogP contribution in [0, 0.1) is 12.8 Å². The van der Waals surface area contributed by atoms with Gasteiger partial charge in [0.1, 0.15) is 0 Å². The van der Waals surface area contributed by atoms with Crippen LogP contribution >= 0.6 is 0 Å². The van der Waals surface area contributed by atoms with E-state index in [-0.39, 0.29) is 6.04 Å². The highest BCUT2D eigenvalue weighted by Gasteiger charge is 2.38. The molecule has 1 fully saturated rings. The van der Waals surface area contributed by atoms with Crippen molar-refractivity contribution in [3.05, 3.63) is 23.8 Å². The van der Waals surface area contributed by atoms with Gasteiger partial charge in [-0.15, -0.1) is 0 Å². The topological polar surface area (TPSA) is 63.4 Å². The zero-order chi connectivity index (χ0) is 14.2. The first-order chi connectivity index (χ1) is 8.80. The molecule has 0 heterocycles. The average Bonchev–Trinajstić information content (AvgIpc) is 3.07. The zero-order valence-corrected chi connectivity index (χ0v) is 12.6. The van der Waals surface area contributed by atoms with Crippen LogP contribution in [-0.4, -0.2) is 25.3 Å². The molecule has 0 aliphatic heterocycles. The molecule has 2 N–H and O–H groups in total. The fraction of sp³-hybridized carbons (Fsp3) is 0.571. The molecule has 1 aliphatic rings. The van der Waals surface area contributed by atoms with Gasteiger partial charge in [-0.1, -0.05) is 13.8 Å². The van der Waals surface area contributed by atoms with Gasteiger partial charge in [-0.2, -0.15) is 4.31 Å². The summed E-state index contributed by atoms with van der Waals surface area (Å²) >= 11 is 0. The second-order valence-electron chi connectivity index (χ2n) is 5.78. The van der Waals surface area contributed by atoms with Gasteiger partial charge >= 0.3 is 0 Å². The summed E-state index contributed by atoms with van der Waals surface area (Å²) in [4.78, 5) is 0.317. The fourth-order valence-corrected chi connectivity index (χ4v) is 4.22. The average molecular weight is 282 g/mol. The second kappa shape index (κ2) is 5.13. The van der Waals surface area contributed by atoms with E-state index < -0.39 is 10.0 Å². The van der Waals surface area contributed by atoms with Gasteiger partial charge in [-0.05, 0) is 49.4 Å². The molecule has 1 saturated carbocycles. The molecule has 0 spiro atoms. The van der Waals surface area contributed by atoms with E-state index in [1.807, 2.05) is 20.8 Å². The second-order valence-corrected chi connectivity index (χ2v) is 7.67. The summed E-state index contributed by atoms with van der Waals surface area (Å²) < 4.78 is 27.1. The van der Waals surface area contributed by atoms with Gasteiger partial charge in [0.2, 0.25) is 10.0 Å². The van der Waals surface area contributed by atoms with Crippen LogP contribution in [0.15, 0.2) is 23.1 Å². The summed E-state index contributed by atoms with van der Waals surface area (Å²) in [6.45, 7) is 6.51. The van der Waals surface area contributed by atoms with E-state index in [2.05, 4.69) is 0 Å². The maximum absolute atomic E-state index is 12.7. The first kappa shape index (κ1) is 14.3. The Labute approximate surface area is 115 Å². The third-order valence-corrected chi connectivity index (χ3v) is 5.08. The van der Waals surface area contributed by atoms with E-state index in [1.165, 1.54) is 0 Å². The Morgan fingerprint density at radius 2 is 1.95 bits per heavy atom. The third-order valence-electron chi connectivity index (χ3n) is 3.18. The van der Waals surface area contributed by atoms with Crippen molar-refractivity contribution in [2.45, 2.75) is 44.6 Å². The molecular weight excluding hydrogens is 260 g/mol. The number of rotatable bonds is 5. The van der Waals surface area contributed by atoms with Gasteiger partial charge in [0.25, 0.3) is 0 Å². The van der Waals surface area contributed by atoms with Gasteiger partial charge in [0, 0.05) is 18.3 Å². The SMILES string of the molecule is Cc1cc(N)cc(S(=O)(=O)N(CC(C)C)C2CC2)c1. The molecule has 19 heavy (non-hydrogen) atoms. The molecule has 4 nitrogen and oxygen atoms in total. The number of hydrogen-bond donors (Lipinski definition) is 1. The van der Waals surface area contributed by atoms with Crippen molar-refractivity contribution in [2.24, 2.45) is 5.92 Å². The number of nitrogens with two attached hydrogens (primary N) is 1. The highest BCUT2D eigenvalue weighted by molar-refractivity contribution is 7.89. The molecule has 0 bridgehead atoms. The molecule has 106 valence electrons. The molecule has 2 rings (SSSR count). The molecule has 1 aliphatic carbocycles. The highest BCUT2D eigenvalue weighted by atomic mass is 32.2. The lowest BCUT2D eigenvalue weighted by Crippen LogP contribution is -2.36. The van der Waals surface area contributed by atoms with Crippen LogP contribution in [0.1, 0.15) is 32.3 Å². The lowest BCUT2D eigenvalue weighted by atomic mass is 10.2. The fourth-order valence-electron chi connectivity index (χ4n) is 2.23. The predicted molar refractivity (Wildman–Crippen MR) is 77.3 cm³/mol. The van der Waals surface area contributed by atoms with Gasteiger partial charge in [0.05, 0.1) is 4.90 Å². The first-order valence-electron chi connectivity index (χ1n) is 6.69. The number of hydrogen-bond acceptors (Lipinski definition) is 3. The van der Waals surface area contributed by atoms with Crippen LogP contribution in [0.2, 0.25) is 0 Å². The largest absolute Gasteiger partial charge is 0.399 e. The van der Waals surface area contributed by atoms with Gasteiger partial charge in [-0.3, -0.25) is 0 Å². The maximum Gasteiger partial charge on any atom is 0.243 e. The third kappa shape index (κ3) is 3.28. The monoisotopic (exact) mass is 282 g/mol. The zero-order valence-electron chi connectivity index (χ0n) is 11.8. The van der Waals surface area contributed by atoms with E-state index >= 15 is 0 Å². The van der Waals surface area contributed by atoms with Crippen LogP contribution in [0.3, 0.4) is 0 Å². The molecular formula is C14H22N2O2S. The number of anilines is 1. The normalized spacial score (nSPS) is 16.3. The minimum Gasteiger partial charge on any atom is -0.399 e. The molecule has 1 aromatic rings. The number of sulfonamides is 1. The van der Waals surface area contributed by atoms with Crippen LogP contribution in [-0.2, 0) is 10.0 Å². The van der Waals surface area contributed by atoms with Crippen molar-refractivity contribution >= 4 is 15.7 Å². The van der Waals surface area contributed by atoms with Crippen molar-refractivity contribution in [3.63, 3.8) is 0 Å². The quantitative estimate of drug-likeness (QED) is 0.843. The Morgan fingerprint density at radius 1 is 1.32 bits per heavy atom. The Kier molecular flexibility index (Phi) is 3.87. The minimum absolute atomic E-state index is 0.175. The summed E-state index contributed by atoms with van der Waals surface area (Å²) in [5, 5.41) is 0.